The van der Waals surface area contributed by atoms with Gasteiger partial charge in [-0.3, -0.25) is 9.69 Å². The molecule has 3 heteroatoms. The van der Waals surface area contributed by atoms with Crippen LogP contribution >= 0.6 is 0 Å². The molecule has 0 aromatic rings. The number of hydrogen-bond acceptors (Lipinski definition) is 2. The van der Waals surface area contributed by atoms with E-state index in [4.69, 9.17) is 0 Å². The Labute approximate surface area is 68.0 Å². The third-order valence-corrected chi connectivity index (χ3v) is 2.10. The van der Waals surface area contributed by atoms with Crippen molar-refractivity contribution < 1.29 is 4.79 Å². The number of amides is 1. The van der Waals surface area contributed by atoms with Crippen LogP contribution in [0.25, 0.3) is 0 Å². The Bertz CT molecular complexity index is 119. The highest BCUT2D eigenvalue weighted by Gasteiger charge is 2.13. The van der Waals surface area contributed by atoms with Crippen molar-refractivity contribution in [3.8, 4) is 0 Å². The molecule has 0 atom stereocenters. The van der Waals surface area contributed by atoms with Crippen molar-refractivity contribution in [3.05, 3.63) is 0 Å². The molecule has 1 rings (SSSR count). The quantitative estimate of drug-likeness (QED) is 0.544. The first-order valence-corrected chi connectivity index (χ1v) is 4.28. The Balaban J connectivity index is 2.18. The molecule has 0 radical (unpaired) electrons. The van der Waals surface area contributed by atoms with Gasteiger partial charge in [-0.2, -0.15) is 0 Å². The van der Waals surface area contributed by atoms with Gasteiger partial charge in [-0.1, -0.05) is 6.92 Å². The molecule has 11 heavy (non-hydrogen) atoms. The van der Waals surface area contributed by atoms with Gasteiger partial charge < -0.3 is 4.90 Å². The van der Waals surface area contributed by atoms with E-state index in [2.05, 4.69) is 11.8 Å². The Kier molecular flexibility index (Phi) is 3.36. The lowest BCUT2D eigenvalue weighted by Crippen LogP contribution is -2.45. The number of carbonyl (C=O) groups is 1. The average Bonchev–Trinajstić information content (AvgIpc) is 2.07. The number of nitrogens with zero attached hydrogens (tertiary/aromatic N) is 2. The van der Waals surface area contributed by atoms with Gasteiger partial charge in [0.15, 0.2) is 0 Å². The molecule has 1 saturated heterocycles. The second kappa shape index (κ2) is 4.34. The molecule has 1 fully saturated rings. The maximum absolute atomic E-state index is 10.3. The first-order valence-electron chi connectivity index (χ1n) is 4.28. The highest BCUT2D eigenvalue weighted by Crippen LogP contribution is 1.99. The average molecular weight is 156 g/mol. The predicted octanol–water partition coefficient (Wildman–Crippen LogP) is 0.170. The van der Waals surface area contributed by atoms with Crippen LogP contribution in [-0.2, 0) is 4.79 Å². The lowest BCUT2D eigenvalue weighted by atomic mass is 10.3. The van der Waals surface area contributed by atoms with Gasteiger partial charge in [-0.05, 0) is 13.0 Å². The number of rotatable bonds is 3. The molecule has 0 N–H and O–H groups in total. The van der Waals surface area contributed by atoms with E-state index >= 15 is 0 Å². The molecule has 0 spiro atoms. The summed E-state index contributed by atoms with van der Waals surface area (Å²) in [7, 11) is 0. The summed E-state index contributed by atoms with van der Waals surface area (Å²) in [5.74, 6) is 0. The summed E-state index contributed by atoms with van der Waals surface area (Å²) in [4.78, 5) is 14.6. The van der Waals surface area contributed by atoms with Crippen LogP contribution in [0.5, 0.6) is 0 Å². The Morgan fingerprint density at radius 1 is 1.27 bits per heavy atom. The molecule has 0 aromatic heterocycles. The SMILES string of the molecule is CCCN1CCN(C=O)CC1. The monoisotopic (exact) mass is 156 g/mol. The van der Waals surface area contributed by atoms with E-state index in [1.54, 1.807) is 0 Å². The van der Waals surface area contributed by atoms with Crippen LogP contribution in [0.1, 0.15) is 13.3 Å². The summed E-state index contributed by atoms with van der Waals surface area (Å²) in [6.45, 7) is 7.27. The second-order valence-corrected chi connectivity index (χ2v) is 2.98. The molecule has 1 aliphatic rings. The third-order valence-electron chi connectivity index (χ3n) is 2.10. The van der Waals surface area contributed by atoms with E-state index in [1.165, 1.54) is 13.0 Å². The summed E-state index contributed by atoms with van der Waals surface area (Å²) in [5.41, 5.74) is 0. The number of carbonyl (C=O) groups excluding carboxylic acids is 1. The van der Waals surface area contributed by atoms with E-state index in [1.807, 2.05) is 4.90 Å². The predicted molar refractivity (Wildman–Crippen MR) is 44.4 cm³/mol. The largest absolute Gasteiger partial charge is 0.343 e. The van der Waals surface area contributed by atoms with Crippen LogP contribution in [0.15, 0.2) is 0 Å². The molecule has 1 amide bonds. The molecule has 0 aliphatic carbocycles. The minimum Gasteiger partial charge on any atom is -0.343 e. The molecular weight excluding hydrogens is 140 g/mol. The van der Waals surface area contributed by atoms with E-state index in [-0.39, 0.29) is 0 Å². The Morgan fingerprint density at radius 3 is 2.36 bits per heavy atom. The maximum Gasteiger partial charge on any atom is 0.209 e. The van der Waals surface area contributed by atoms with Gasteiger partial charge in [-0.25, -0.2) is 0 Å². The molecule has 3 nitrogen and oxygen atoms in total. The zero-order valence-corrected chi connectivity index (χ0v) is 7.12. The standard InChI is InChI=1S/C8H16N2O/c1-2-3-9-4-6-10(8-11)7-5-9/h8H,2-7H2,1H3. The number of piperazine rings is 1. The van der Waals surface area contributed by atoms with Crippen molar-refractivity contribution >= 4 is 6.41 Å². The van der Waals surface area contributed by atoms with Crippen molar-refractivity contribution in [3.63, 3.8) is 0 Å². The van der Waals surface area contributed by atoms with Crippen LogP contribution in [0.3, 0.4) is 0 Å². The summed E-state index contributed by atoms with van der Waals surface area (Å²) in [6.07, 6.45) is 2.16. The molecule has 0 bridgehead atoms. The van der Waals surface area contributed by atoms with Crippen molar-refractivity contribution in [2.75, 3.05) is 32.7 Å². The van der Waals surface area contributed by atoms with Crippen molar-refractivity contribution in [1.82, 2.24) is 9.80 Å². The van der Waals surface area contributed by atoms with Crippen molar-refractivity contribution in [2.24, 2.45) is 0 Å². The normalized spacial score (nSPS) is 20.3. The molecular formula is C8H16N2O. The summed E-state index contributed by atoms with van der Waals surface area (Å²) in [5, 5.41) is 0. The zero-order chi connectivity index (χ0) is 8.10. The fraction of sp³-hybridized carbons (Fsp3) is 0.875. The van der Waals surface area contributed by atoms with Gasteiger partial charge in [0.1, 0.15) is 0 Å². The topological polar surface area (TPSA) is 23.6 Å². The van der Waals surface area contributed by atoms with Crippen LogP contribution < -0.4 is 0 Å². The summed E-state index contributed by atoms with van der Waals surface area (Å²) < 4.78 is 0. The van der Waals surface area contributed by atoms with E-state index < -0.39 is 0 Å². The zero-order valence-electron chi connectivity index (χ0n) is 7.12. The summed E-state index contributed by atoms with van der Waals surface area (Å²) in [6, 6.07) is 0. The van der Waals surface area contributed by atoms with E-state index in [0.29, 0.717) is 0 Å². The Morgan fingerprint density at radius 2 is 1.91 bits per heavy atom. The van der Waals surface area contributed by atoms with Crippen molar-refractivity contribution in [1.29, 1.82) is 0 Å². The Hall–Kier alpha value is -0.570. The minimum atomic E-state index is 0.906. The van der Waals surface area contributed by atoms with Gasteiger partial charge in [-0.15, -0.1) is 0 Å². The van der Waals surface area contributed by atoms with E-state index in [9.17, 15) is 4.79 Å². The molecule has 1 heterocycles. The lowest BCUT2D eigenvalue weighted by Gasteiger charge is -2.32. The second-order valence-electron chi connectivity index (χ2n) is 2.98. The molecule has 1 aliphatic heterocycles. The lowest BCUT2D eigenvalue weighted by molar-refractivity contribution is -0.119. The first kappa shape index (κ1) is 8.53. The first-order chi connectivity index (χ1) is 5.36. The van der Waals surface area contributed by atoms with Gasteiger partial charge in [0.25, 0.3) is 0 Å². The molecule has 0 unspecified atom stereocenters. The van der Waals surface area contributed by atoms with Gasteiger partial charge in [0.05, 0.1) is 0 Å². The maximum atomic E-state index is 10.3. The molecule has 0 saturated carbocycles. The van der Waals surface area contributed by atoms with Crippen LogP contribution in [0, 0.1) is 0 Å². The van der Waals surface area contributed by atoms with Gasteiger partial charge >= 0.3 is 0 Å². The highest BCUT2D eigenvalue weighted by molar-refractivity contribution is 5.47. The van der Waals surface area contributed by atoms with Gasteiger partial charge in [0.2, 0.25) is 6.41 Å². The molecule has 0 aromatic carbocycles. The van der Waals surface area contributed by atoms with Crippen LogP contribution in [0.4, 0.5) is 0 Å². The number of hydrogen-bond donors (Lipinski definition) is 0. The smallest absolute Gasteiger partial charge is 0.209 e. The van der Waals surface area contributed by atoms with E-state index in [0.717, 1.165) is 32.6 Å². The molecule has 64 valence electrons. The fourth-order valence-electron chi connectivity index (χ4n) is 1.41. The summed E-state index contributed by atoms with van der Waals surface area (Å²) >= 11 is 0. The minimum absolute atomic E-state index is 0.906. The highest BCUT2D eigenvalue weighted by atomic mass is 16.1. The fourth-order valence-corrected chi connectivity index (χ4v) is 1.41. The van der Waals surface area contributed by atoms with Crippen LogP contribution in [-0.4, -0.2) is 48.9 Å². The van der Waals surface area contributed by atoms with Gasteiger partial charge in [0, 0.05) is 26.2 Å². The van der Waals surface area contributed by atoms with Crippen LogP contribution in [0.2, 0.25) is 0 Å². The third kappa shape index (κ3) is 2.50. The van der Waals surface area contributed by atoms with Crippen molar-refractivity contribution in [2.45, 2.75) is 13.3 Å².